The molecule has 1 aliphatic heterocycles. The Hall–Kier alpha value is -3.39. The summed E-state index contributed by atoms with van der Waals surface area (Å²) in [6.45, 7) is 9.39. The van der Waals surface area contributed by atoms with Gasteiger partial charge in [0.15, 0.2) is 5.82 Å². The van der Waals surface area contributed by atoms with Gasteiger partial charge in [-0.2, -0.15) is 5.10 Å². The van der Waals surface area contributed by atoms with Gasteiger partial charge in [0.2, 0.25) is 5.95 Å². The Bertz CT molecular complexity index is 1330. The van der Waals surface area contributed by atoms with Crippen molar-refractivity contribution in [2.45, 2.75) is 39.7 Å². The van der Waals surface area contributed by atoms with E-state index >= 15 is 0 Å². The van der Waals surface area contributed by atoms with E-state index in [9.17, 15) is 4.39 Å². The van der Waals surface area contributed by atoms with Crippen LogP contribution in [0.5, 0.6) is 0 Å². The van der Waals surface area contributed by atoms with E-state index in [-0.39, 0.29) is 5.69 Å². The van der Waals surface area contributed by atoms with Gasteiger partial charge in [-0.15, -0.1) is 0 Å². The van der Waals surface area contributed by atoms with E-state index in [1.807, 2.05) is 36.0 Å². The summed E-state index contributed by atoms with van der Waals surface area (Å²) in [5.41, 5.74) is 5.29. The summed E-state index contributed by atoms with van der Waals surface area (Å²) in [6.07, 6.45) is 2.12. The van der Waals surface area contributed by atoms with Crippen molar-refractivity contribution in [2.24, 2.45) is 7.05 Å². The molecule has 0 saturated heterocycles. The molecule has 0 aliphatic carbocycles. The van der Waals surface area contributed by atoms with Gasteiger partial charge in [-0.1, -0.05) is 32.9 Å². The fourth-order valence-corrected chi connectivity index (χ4v) is 4.61. The predicted octanol–water partition coefficient (Wildman–Crippen LogP) is 4.81. The number of pyridine rings is 1. The highest BCUT2D eigenvalue weighted by atomic mass is 19.1. The molecule has 0 saturated carbocycles. The Balaban J connectivity index is 1.46. The topological polar surface area (TPSA) is 71.8 Å². The van der Waals surface area contributed by atoms with Crippen molar-refractivity contribution in [1.29, 1.82) is 0 Å². The molecule has 5 rings (SSSR count). The van der Waals surface area contributed by atoms with Gasteiger partial charge in [-0.05, 0) is 36.2 Å². The Morgan fingerprint density at radius 3 is 2.79 bits per heavy atom. The minimum atomic E-state index is -0.465. The Morgan fingerprint density at radius 2 is 2.00 bits per heavy atom. The zero-order chi connectivity index (χ0) is 23.1. The van der Waals surface area contributed by atoms with Crippen molar-refractivity contribution in [1.82, 2.24) is 29.6 Å². The molecule has 0 bridgehead atoms. The third-order valence-corrected chi connectivity index (χ3v) is 6.26. The Morgan fingerprint density at radius 1 is 1.15 bits per heavy atom. The van der Waals surface area contributed by atoms with E-state index in [0.29, 0.717) is 23.2 Å². The lowest BCUT2D eigenvalue weighted by Gasteiger charge is -2.27. The minimum Gasteiger partial charge on any atom is -0.309 e. The summed E-state index contributed by atoms with van der Waals surface area (Å²) in [5.74, 6) is 0.816. The SMILES string of the molecule is CCN1CCc2nc(Nc3ncc(F)c(-c4ccc5nn(C)c(C(C)C)c5c4)n3)ccc2C1. The molecule has 3 aromatic heterocycles. The van der Waals surface area contributed by atoms with E-state index < -0.39 is 5.82 Å². The van der Waals surface area contributed by atoms with Crippen LogP contribution in [0.15, 0.2) is 36.5 Å². The number of benzene rings is 1. The first-order valence-electron chi connectivity index (χ1n) is 11.4. The second-order valence-corrected chi connectivity index (χ2v) is 8.83. The molecule has 7 nitrogen and oxygen atoms in total. The first kappa shape index (κ1) is 21.5. The molecule has 170 valence electrons. The average Bonchev–Trinajstić information content (AvgIpc) is 3.15. The van der Waals surface area contributed by atoms with Crippen molar-refractivity contribution >= 4 is 22.7 Å². The molecule has 0 radical (unpaired) electrons. The number of anilines is 2. The van der Waals surface area contributed by atoms with Gasteiger partial charge >= 0.3 is 0 Å². The summed E-state index contributed by atoms with van der Waals surface area (Å²) in [5, 5.41) is 8.74. The van der Waals surface area contributed by atoms with Crippen LogP contribution in [-0.2, 0) is 20.0 Å². The van der Waals surface area contributed by atoms with Crippen molar-refractivity contribution < 1.29 is 4.39 Å². The highest BCUT2D eigenvalue weighted by Gasteiger charge is 2.18. The van der Waals surface area contributed by atoms with Gasteiger partial charge in [0.25, 0.3) is 0 Å². The van der Waals surface area contributed by atoms with Crippen LogP contribution in [0.2, 0.25) is 0 Å². The van der Waals surface area contributed by atoms with Gasteiger partial charge in [0, 0.05) is 48.9 Å². The number of aromatic nitrogens is 5. The first-order valence-corrected chi connectivity index (χ1v) is 11.4. The number of hydrogen-bond donors (Lipinski definition) is 1. The smallest absolute Gasteiger partial charge is 0.229 e. The lowest BCUT2D eigenvalue weighted by atomic mass is 10.0. The maximum Gasteiger partial charge on any atom is 0.229 e. The molecule has 33 heavy (non-hydrogen) atoms. The predicted molar refractivity (Wildman–Crippen MR) is 128 cm³/mol. The summed E-state index contributed by atoms with van der Waals surface area (Å²) >= 11 is 0. The van der Waals surface area contributed by atoms with E-state index in [2.05, 4.69) is 52.1 Å². The van der Waals surface area contributed by atoms with Gasteiger partial charge < -0.3 is 5.32 Å². The molecular weight excluding hydrogens is 417 g/mol. The minimum absolute atomic E-state index is 0.254. The summed E-state index contributed by atoms with van der Waals surface area (Å²) < 4.78 is 16.7. The second kappa shape index (κ2) is 8.51. The van der Waals surface area contributed by atoms with Crippen LogP contribution < -0.4 is 5.32 Å². The fourth-order valence-electron chi connectivity index (χ4n) is 4.61. The molecule has 0 spiro atoms. The molecule has 1 aromatic carbocycles. The molecule has 4 aromatic rings. The van der Waals surface area contributed by atoms with Crippen molar-refractivity contribution in [2.75, 3.05) is 18.4 Å². The van der Waals surface area contributed by atoms with Crippen LogP contribution in [-0.4, -0.2) is 42.7 Å². The second-order valence-electron chi connectivity index (χ2n) is 8.83. The molecule has 1 N–H and O–H groups in total. The van der Waals surface area contributed by atoms with Gasteiger partial charge in [0.05, 0.1) is 11.7 Å². The van der Waals surface area contributed by atoms with Crippen LogP contribution in [0, 0.1) is 5.82 Å². The van der Waals surface area contributed by atoms with E-state index in [1.165, 1.54) is 11.8 Å². The van der Waals surface area contributed by atoms with Crippen LogP contribution in [0.4, 0.5) is 16.2 Å². The largest absolute Gasteiger partial charge is 0.309 e. The summed E-state index contributed by atoms with van der Waals surface area (Å²) in [4.78, 5) is 15.8. The number of nitrogens with one attached hydrogen (secondary N) is 1. The van der Waals surface area contributed by atoms with Crippen LogP contribution >= 0.6 is 0 Å². The molecular formula is C25H28FN7. The van der Waals surface area contributed by atoms with Crippen molar-refractivity contribution in [3.05, 3.63) is 59.3 Å². The van der Waals surface area contributed by atoms with Crippen molar-refractivity contribution in [3.8, 4) is 11.3 Å². The lowest BCUT2D eigenvalue weighted by Crippen LogP contribution is -2.30. The zero-order valence-electron chi connectivity index (χ0n) is 19.4. The molecule has 0 atom stereocenters. The monoisotopic (exact) mass is 445 g/mol. The van der Waals surface area contributed by atoms with Gasteiger partial charge in [0.1, 0.15) is 11.5 Å². The number of rotatable bonds is 5. The van der Waals surface area contributed by atoms with E-state index in [4.69, 9.17) is 4.98 Å². The molecule has 8 heteroatoms. The maximum atomic E-state index is 14.8. The maximum absolute atomic E-state index is 14.8. The molecule has 1 aliphatic rings. The van der Waals surface area contributed by atoms with Gasteiger partial charge in [-0.3, -0.25) is 9.58 Å². The fraction of sp³-hybridized carbons (Fsp3) is 0.360. The van der Waals surface area contributed by atoms with E-state index in [1.54, 1.807) is 0 Å². The normalized spacial score (nSPS) is 14.1. The standard InChI is InChI=1S/C25H28FN7/c1-5-33-11-10-20-17(14-33)7-9-22(28-20)29-25-27-13-19(26)23(30-25)16-6-8-21-18(12-16)24(15(2)3)32(4)31-21/h6-9,12-13,15H,5,10-11,14H2,1-4H3,(H,27,28,29,30). The molecule has 0 unspecified atom stereocenters. The highest BCUT2D eigenvalue weighted by Crippen LogP contribution is 2.30. The first-order chi connectivity index (χ1) is 15.9. The van der Waals surface area contributed by atoms with Crippen LogP contribution in [0.1, 0.15) is 43.6 Å². The summed E-state index contributed by atoms with van der Waals surface area (Å²) in [7, 11) is 1.94. The number of fused-ring (bicyclic) bond motifs is 2. The zero-order valence-corrected chi connectivity index (χ0v) is 19.4. The van der Waals surface area contributed by atoms with Crippen LogP contribution in [0.3, 0.4) is 0 Å². The number of nitrogens with zero attached hydrogens (tertiary/aromatic N) is 6. The highest BCUT2D eigenvalue weighted by molar-refractivity contribution is 5.86. The quantitative estimate of drug-likeness (QED) is 0.475. The Kier molecular flexibility index (Phi) is 5.54. The molecule has 4 heterocycles. The number of hydrogen-bond acceptors (Lipinski definition) is 6. The van der Waals surface area contributed by atoms with Gasteiger partial charge in [-0.25, -0.2) is 19.3 Å². The third kappa shape index (κ3) is 4.06. The third-order valence-electron chi connectivity index (χ3n) is 6.26. The van der Waals surface area contributed by atoms with Crippen LogP contribution in [0.25, 0.3) is 22.2 Å². The number of likely N-dealkylation sites (N-methyl/N-ethyl adjacent to an activating group) is 1. The molecule has 0 fully saturated rings. The number of halogens is 1. The summed E-state index contributed by atoms with van der Waals surface area (Å²) in [6, 6.07) is 9.76. The number of aryl methyl sites for hydroxylation is 1. The lowest BCUT2D eigenvalue weighted by molar-refractivity contribution is 0.266. The average molecular weight is 446 g/mol. The Labute approximate surface area is 192 Å². The van der Waals surface area contributed by atoms with E-state index in [0.717, 1.165) is 48.3 Å². The molecule has 0 amide bonds. The van der Waals surface area contributed by atoms with Crippen molar-refractivity contribution in [3.63, 3.8) is 0 Å².